The number of fused-ring (bicyclic) bond motifs is 3. The summed E-state index contributed by atoms with van der Waals surface area (Å²) in [6.45, 7) is 0. The molecule has 0 aliphatic carbocycles. The Kier molecular flexibility index (Phi) is 8.95. The first kappa shape index (κ1) is 34.0. The Morgan fingerprint density at radius 1 is 0.228 bits per heavy atom. The highest BCUT2D eigenvalue weighted by Crippen LogP contribution is 2.48. The molecule has 0 heterocycles. The lowest BCUT2D eigenvalue weighted by Gasteiger charge is -2.29. The fourth-order valence-corrected chi connectivity index (χ4v) is 8.37. The van der Waals surface area contributed by atoms with Crippen LogP contribution in [-0.2, 0) is 0 Å². The van der Waals surface area contributed by atoms with Gasteiger partial charge in [0.05, 0.1) is 5.69 Å². The Morgan fingerprint density at radius 2 is 0.614 bits per heavy atom. The van der Waals surface area contributed by atoms with E-state index in [-0.39, 0.29) is 0 Å². The second-order valence-electron chi connectivity index (χ2n) is 14.5. The summed E-state index contributed by atoms with van der Waals surface area (Å²) >= 11 is 0. The molecular formula is C56H39N. The van der Waals surface area contributed by atoms with Gasteiger partial charge in [0, 0.05) is 16.9 Å². The van der Waals surface area contributed by atoms with Gasteiger partial charge in [-0.2, -0.15) is 0 Å². The Balaban J connectivity index is 1.19. The highest BCUT2D eigenvalue weighted by Gasteiger charge is 2.22. The van der Waals surface area contributed by atoms with E-state index in [0.29, 0.717) is 0 Å². The standard InChI is InChI=1S/C56H39N/c1-5-17-40(18-6-1)41-29-31-42(32-30-41)43-33-35-47(36-34-43)57(54-28-16-15-25-49(54)44-19-7-2-8-20-44)48-37-38-51-50-26-13-14-27-52(50)55(45-21-9-3-10-22-45)56(53(51)39-48)46-23-11-4-12-24-46/h1-39H. The van der Waals surface area contributed by atoms with Crippen LogP contribution < -0.4 is 4.90 Å². The molecule has 0 radical (unpaired) electrons. The summed E-state index contributed by atoms with van der Waals surface area (Å²) in [5.74, 6) is 0. The van der Waals surface area contributed by atoms with E-state index in [9.17, 15) is 0 Å². The number of anilines is 3. The molecule has 0 unspecified atom stereocenters. The van der Waals surface area contributed by atoms with Crippen LogP contribution in [0.15, 0.2) is 237 Å². The second kappa shape index (κ2) is 15.0. The zero-order valence-electron chi connectivity index (χ0n) is 31.5. The van der Waals surface area contributed by atoms with Crippen molar-refractivity contribution >= 4 is 38.6 Å². The van der Waals surface area contributed by atoms with Crippen molar-refractivity contribution in [1.82, 2.24) is 0 Å². The summed E-state index contributed by atoms with van der Waals surface area (Å²) in [4.78, 5) is 2.43. The highest BCUT2D eigenvalue weighted by atomic mass is 15.1. The van der Waals surface area contributed by atoms with Gasteiger partial charge in [0.25, 0.3) is 0 Å². The van der Waals surface area contributed by atoms with Gasteiger partial charge in [0.1, 0.15) is 0 Å². The molecule has 0 saturated heterocycles. The lowest BCUT2D eigenvalue weighted by molar-refractivity contribution is 1.29. The molecule has 10 aromatic carbocycles. The Hall–Kier alpha value is -7.48. The van der Waals surface area contributed by atoms with Gasteiger partial charge in [-0.15, -0.1) is 0 Å². The SMILES string of the molecule is c1ccc(-c2ccc(-c3ccc(N(c4ccc5c(c4)c(-c4ccccc4)c(-c4ccccc4)c4ccccc45)c4ccccc4-c4ccccc4)cc3)cc2)cc1. The minimum absolute atomic E-state index is 1.09. The normalized spacial score (nSPS) is 11.2. The average Bonchev–Trinajstić information content (AvgIpc) is 3.30. The minimum atomic E-state index is 1.09. The third-order valence-electron chi connectivity index (χ3n) is 11.1. The fourth-order valence-electron chi connectivity index (χ4n) is 8.37. The van der Waals surface area contributed by atoms with Gasteiger partial charge in [-0.25, -0.2) is 0 Å². The summed E-state index contributed by atoms with van der Waals surface area (Å²) in [6.07, 6.45) is 0. The highest BCUT2D eigenvalue weighted by molar-refractivity contribution is 6.22. The van der Waals surface area contributed by atoms with E-state index in [1.54, 1.807) is 0 Å². The molecule has 0 aromatic heterocycles. The van der Waals surface area contributed by atoms with Crippen molar-refractivity contribution in [2.24, 2.45) is 0 Å². The lowest BCUT2D eigenvalue weighted by Crippen LogP contribution is -2.11. The van der Waals surface area contributed by atoms with Crippen molar-refractivity contribution < 1.29 is 0 Å². The number of nitrogens with zero attached hydrogens (tertiary/aromatic N) is 1. The van der Waals surface area contributed by atoms with Gasteiger partial charge in [-0.05, 0) is 102 Å². The molecule has 0 spiro atoms. The Morgan fingerprint density at radius 3 is 1.19 bits per heavy atom. The molecule has 0 N–H and O–H groups in total. The summed E-state index contributed by atoms with van der Waals surface area (Å²) in [5.41, 5.74) is 15.4. The van der Waals surface area contributed by atoms with Gasteiger partial charge < -0.3 is 4.90 Å². The maximum Gasteiger partial charge on any atom is 0.0540 e. The van der Waals surface area contributed by atoms with Crippen molar-refractivity contribution in [3.05, 3.63) is 237 Å². The van der Waals surface area contributed by atoms with Crippen molar-refractivity contribution in [3.8, 4) is 55.6 Å². The Bertz CT molecular complexity index is 2950. The quantitative estimate of drug-likeness (QED) is 0.141. The lowest BCUT2D eigenvalue weighted by atomic mass is 9.85. The van der Waals surface area contributed by atoms with Crippen LogP contribution in [-0.4, -0.2) is 0 Å². The van der Waals surface area contributed by atoms with Gasteiger partial charge in [-0.1, -0.05) is 206 Å². The molecule has 268 valence electrons. The van der Waals surface area contributed by atoms with Crippen LogP contribution in [0, 0.1) is 0 Å². The van der Waals surface area contributed by atoms with E-state index >= 15 is 0 Å². The first-order valence-electron chi connectivity index (χ1n) is 19.6. The van der Waals surface area contributed by atoms with E-state index in [4.69, 9.17) is 0 Å². The van der Waals surface area contributed by atoms with Crippen LogP contribution in [0.1, 0.15) is 0 Å². The molecule has 1 heteroatoms. The van der Waals surface area contributed by atoms with Gasteiger partial charge >= 0.3 is 0 Å². The first-order valence-corrected chi connectivity index (χ1v) is 19.6. The maximum atomic E-state index is 2.43. The maximum absolute atomic E-state index is 2.43. The number of hydrogen-bond donors (Lipinski definition) is 0. The Labute approximate surface area is 334 Å². The van der Waals surface area contributed by atoms with Gasteiger partial charge in [-0.3, -0.25) is 0 Å². The summed E-state index contributed by atoms with van der Waals surface area (Å²) in [6, 6.07) is 85.6. The second-order valence-corrected chi connectivity index (χ2v) is 14.5. The molecule has 0 atom stereocenters. The largest absolute Gasteiger partial charge is 0.310 e. The van der Waals surface area contributed by atoms with Crippen molar-refractivity contribution in [2.45, 2.75) is 0 Å². The van der Waals surface area contributed by atoms with Crippen LogP contribution >= 0.6 is 0 Å². The zero-order chi connectivity index (χ0) is 38.0. The molecule has 0 aliphatic rings. The topological polar surface area (TPSA) is 3.24 Å². The van der Waals surface area contributed by atoms with Gasteiger partial charge in [0.15, 0.2) is 0 Å². The number of para-hydroxylation sites is 1. The molecule has 10 aromatic rings. The van der Waals surface area contributed by atoms with Crippen LogP contribution in [0.4, 0.5) is 17.1 Å². The molecule has 1 nitrogen and oxygen atoms in total. The summed E-state index contributed by atoms with van der Waals surface area (Å²) in [7, 11) is 0. The molecule has 57 heavy (non-hydrogen) atoms. The predicted octanol–water partition coefficient (Wildman–Crippen LogP) is 15.8. The van der Waals surface area contributed by atoms with Crippen LogP contribution in [0.2, 0.25) is 0 Å². The number of hydrogen-bond acceptors (Lipinski definition) is 1. The summed E-state index contributed by atoms with van der Waals surface area (Å²) < 4.78 is 0. The smallest absolute Gasteiger partial charge is 0.0540 e. The van der Waals surface area contributed by atoms with Crippen molar-refractivity contribution in [2.75, 3.05) is 4.90 Å². The molecule has 0 bridgehead atoms. The zero-order valence-corrected chi connectivity index (χ0v) is 31.5. The first-order chi connectivity index (χ1) is 28.3. The monoisotopic (exact) mass is 725 g/mol. The molecule has 0 aliphatic heterocycles. The van der Waals surface area contributed by atoms with Gasteiger partial charge in [0.2, 0.25) is 0 Å². The van der Waals surface area contributed by atoms with Crippen molar-refractivity contribution in [1.29, 1.82) is 0 Å². The number of rotatable bonds is 8. The third-order valence-corrected chi connectivity index (χ3v) is 11.1. The van der Waals surface area contributed by atoms with Crippen LogP contribution in [0.25, 0.3) is 77.2 Å². The predicted molar refractivity (Wildman–Crippen MR) is 243 cm³/mol. The minimum Gasteiger partial charge on any atom is -0.310 e. The fraction of sp³-hybridized carbons (Fsp3) is 0. The number of benzene rings is 10. The molecule has 10 rings (SSSR count). The molecule has 0 saturated carbocycles. The van der Waals surface area contributed by atoms with E-state index in [1.807, 2.05) is 0 Å². The van der Waals surface area contributed by atoms with E-state index in [0.717, 1.165) is 17.1 Å². The van der Waals surface area contributed by atoms with Crippen LogP contribution in [0.5, 0.6) is 0 Å². The van der Waals surface area contributed by atoms with E-state index < -0.39 is 0 Å². The van der Waals surface area contributed by atoms with E-state index in [2.05, 4.69) is 241 Å². The third kappa shape index (κ3) is 6.46. The molecule has 0 amide bonds. The summed E-state index contributed by atoms with van der Waals surface area (Å²) in [5, 5.41) is 4.95. The molecular weight excluding hydrogens is 687 g/mol. The van der Waals surface area contributed by atoms with Crippen molar-refractivity contribution in [3.63, 3.8) is 0 Å². The average molecular weight is 726 g/mol. The molecule has 0 fully saturated rings. The van der Waals surface area contributed by atoms with E-state index in [1.165, 1.54) is 77.2 Å². The van der Waals surface area contributed by atoms with Crippen LogP contribution in [0.3, 0.4) is 0 Å².